The van der Waals surface area contributed by atoms with Crippen LogP contribution in [0, 0.1) is 17.0 Å². The standard InChI is InChI=1S/C16H19N5O3/c1-11-18-15(21(23)24)10-19(11)9-7-16(22)20-8-3-4-12-13(17)5-2-6-14(12)20/h2,5-6,10H,3-4,7-9,17H2,1H3. The van der Waals surface area contributed by atoms with Crippen LogP contribution in [0.1, 0.15) is 24.2 Å². The molecule has 0 spiro atoms. The van der Waals surface area contributed by atoms with Gasteiger partial charge in [0, 0.05) is 37.8 Å². The Bertz CT molecular complexity index is 799. The van der Waals surface area contributed by atoms with Crippen molar-refractivity contribution in [2.75, 3.05) is 17.2 Å². The van der Waals surface area contributed by atoms with Crippen LogP contribution in [0.4, 0.5) is 17.2 Å². The van der Waals surface area contributed by atoms with Crippen molar-refractivity contribution in [3.63, 3.8) is 0 Å². The number of carbonyl (C=O) groups excluding carboxylic acids is 1. The Balaban J connectivity index is 1.73. The molecule has 0 atom stereocenters. The predicted molar refractivity (Wildman–Crippen MR) is 89.8 cm³/mol. The highest BCUT2D eigenvalue weighted by atomic mass is 16.6. The van der Waals surface area contributed by atoms with Crippen molar-refractivity contribution in [2.45, 2.75) is 32.7 Å². The number of hydrogen-bond acceptors (Lipinski definition) is 5. The van der Waals surface area contributed by atoms with Crippen LogP contribution in [0.25, 0.3) is 0 Å². The number of carbonyl (C=O) groups is 1. The van der Waals surface area contributed by atoms with Crippen LogP contribution in [0.5, 0.6) is 0 Å². The van der Waals surface area contributed by atoms with Gasteiger partial charge in [-0.2, -0.15) is 0 Å². The van der Waals surface area contributed by atoms with Gasteiger partial charge < -0.3 is 25.3 Å². The van der Waals surface area contributed by atoms with Gasteiger partial charge in [0.05, 0.1) is 0 Å². The van der Waals surface area contributed by atoms with Gasteiger partial charge in [-0.15, -0.1) is 0 Å². The normalized spacial score (nSPS) is 13.6. The van der Waals surface area contributed by atoms with E-state index in [1.807, 2.05) is 18.2 Å². The number of nitrogen functional groups attached to an aromatic ring is 1. The number of hydrogen-bond donors (Lipinski definition) is 1. The summed E-state index contributed by atoms with van der Waals surface area (Å²) in [4.78, 5) is 28.5. The number of nitrogens with zero attached hydrogens (tertiary/aromatic N) is 4. The maximum Gasteiger partial charge on any atom is 0.381 e. The van der Waals surface area contributed by atoms with Crippen LogP contribution in [0.2, 0.25) is 0 Å². The fourth-order valence-corrected chi connectivity index (χ4v) is 3.07. The first-order valence-corrected chi connectivity index (χ1v) is 7.83. The van der Waals surface area contributed by atoms with Gasteiger partial charge in [-0.1, -0.05) is 6.07 Å². The summed E-state index contributed by atoms with van der Waals surface area (Å²) in [6.07, 6.45) is 3.37. The number of fused-ring (bicyclic) bond motifs is 1. The van der Waals surface area contributed by atoms with Gasteiger partial charge in [0.15, 0.2) is 0 Å². The lowest BCUT2D eigenvalue weighted by Gasteiger charge is -2.30. The second-order valence-electron chi connectivity index (χ2n) is 5.84. The molecule has 0 saturated carbocycles. The monoisotopic (exact) mass is 329 g/mol. The first-order valence-electron chi connectivity index (χ1n) is 7.83. The Morgan fingerprint density at radius 3 is 2.96 bits per heavy atom. The Hall–Kier alpha value is -2.90. The van der Waals surface area contributed by atoms with E-state index in [0.29, 0.717) is 24.6 Å². The summed E-state index contributed by atoms with van der Waals surface area (Å²) in [5.41, 5.74) is 8.61. The van der Waals surface area contributed by atoms with Crippen LogP contribution < -0.4 is 10.6 Å². The number of aryl methyl sites for hydroxylation is 2. The first kappa shape index (κ1) is 16.0. The number of benzene rings is 1. The van der Waals surface area contributed by atoms with Crippen molar-refractivity contribution >= 4 is 23.1 Å². The zero-order valence-electron chi connectivity index (χ0n) is 13.4. The molecular formula is C16H19N5O3. The topological polar surface area (TPSA) is 107 Å². The van der Waals surface area contributed by atoms with Crippen LogP contribution in [-0.2, 0) is 17.8 Å². The second-order valence-corrected chi connectivity index (χ2v) is 5.84. The molecule has 0 saturated heterocycles. The molecule has 1 aliphatic heterocycles. The molecule has 0 bridgehead atoms. The van der Waals surface area contributed by atoms with E-state index in [9.17, 15) is 14.9 Å². The Labute approximate surface area is 139 Å². The summed E-state index contributed by atoms with van der Waals surface area (Å²) < 4.78 is 1.64. The van der Waals surface area contributed by atoms with E-state index >= 15 is 0 Å². The maximum atomic E-state index is 12.6. The fraction of sp³-hybridized carbons (Fsp3) is 0.375. The highest BCUT2D eigenvalue weighted by Gasteiger charge is 2.24. The van der Waals surface area contributed by atoms with Crippen molar-refractivity contribution in [2.24, 2.45) is 0 Å². The third-order valence-corrected chi connectivity index (χ3v) is 4.30. The zero-order valence-corrected chi connectivity index (χ0v) is 13.4. The number of aromatic nitrogens is 2. The summed E-state index contributed by atoms with van der Waals surface area (Å²) in [5.74, 6) is 0.311. The van der Waals surface area contributed by atoms with E-state index in [2.05, 4.69) is 4.98 Å². The highest BCUT2D eigenvalue weighted by Crippen LogP contribution is 2.31. The van der Waals surface area contributed by atoms with Crippen LogP contribution in [-0.4, -0.2) is 26.9 Å². The van der Waals surface area contributed by atoms with E-state index in [0.717, 1.165) is 24.1 Å². The molecule has 1 aliphatic rings. The van der Waals surface area contributed by atoms with Crippen molar-refractivity contribution in [1.29, 1.82) is 0 Å². The lowest BCUT2D eigenvalue weighted by atomic mass is 9.99. The van der Waals surface area contributed by atoms with Gasteiger partial charge in [-0.25, -0.2) is 0 Å². The summed E-state index contributed by atoms with van der Waals surface area (Å²) >= 11 is 0. The molecule has 2 aromatic rings. The molecule has 1 amide bonds. The van der Waals surface area contributed by atoms with E-state index in [4.69, 9.17) is 5.73 Å². The van der Waals surface area contributed by atoms with E-state index in [1.54, 1.807) is 16.4 Å². The number of imidazole rings is 1. The second kappa shape index (κ2) is 6.31. The SMILES string of the molecule is Cc1nc([N+](=O)[O-])cn1CCC(=O)N1CCCc2c(N)cccc21. The smallest absolute Gasteiger partial charge is 0.381 e. The minimum atomic E-state index is -0.533. The van der Waals surface area contributed by atoms with Crippen molar-refractivity contribution in [3.8, 4) is 0 Å². The molecule has 1 aromatic carbocycles. The molecule has 1 aromatic heterocycles. The van der Waals surface area contributed by atoms with Crippen molar-refractivity contribution < 1.29 is 9.72 Å². The summed E-state index contributed by atoms with van der Waals surface area (Å²) in [6.45, 7) is 2.71. The molecule has 3 rings (SSSR count). The Kier molecular flexibility index (Phi) is 4.20. The third kappa shape index (κ3) is 2.94. The lowest BCUT2D eigenvalue weighted by molar-refractivity contribution is -0.389. The fourth-order valence-electron chi connectivity index (χ4n) is 3.07. The third-order valence-electron chi connectivity index (χ3n) is 4.30. The largest absolute Gasteiger partial charge is 0.398 e. The molecule has 0 radical (unpaired) electrons. The zero-order chi connectivity index (χ0) is 17.3. The highest BCUT2D eigenvalue weighted by molar-refractivity contribution is 5.95. The van der Waals surface area contributed by atoms with Gasteiger partial charge in [-0.3, -0.25) is 4.79 Å². The molecule has 2 N–H and O–H groups in total. The van der Waals surface area contributed by atoms with E-state index < -0.39 is 4.92 Å². The van der Waals surface area contributed by atoms with Gasteiger partial charge in [0.1, 0.15) is 6.20 Å². The number of rotatable bonds is 4. The van der Waals surface area contributed by atoms with Gasteiger partial charge in [0.25, 0.3) is 0 Å². The number of amides is 1. The molecule has 24 heavy (non-hydrogen) atoms. The summed E-state index contributed by atoms with van der Waals surface area (Å²) in [5, 5.41) is 10.8. The molecule has 8 nitrogen and oxygen atoms in total. The average molecular weight is 329 g/mol. The quantitative estimate of drug-likeness (QED) is 0.525. The van der Waals surface area contributed by atoms with Crippen molar-refractivity contribution in [1.82, 2.24) is 9.55 Å². The van der Waals surface area contributed by atoms with Crippen LogP contribution in [0.3, 0.4) is 0 Å². The van der Waals surface area contributed by atoms with E-state index in [-0.39, 0.29) is 18.1 Å². The summed E-state index contributed by atoms with van der Waals surface area (Å²) in [7, 11) is 0. The predicted octanol–water partition coefficient (Wildman–Crippen LogP) is 2.05. The molecule has 2 heterocycles. The maximum absolute atomic E-state index is 12.6. The summed E-state index contributed by atoms with van der Waals surface area (Å²) in [6, 6.07) is 5.61. The number of nitrogens with two attached hydrogens (primary N) is 1. The molecule has 126 valence electrons. The van der Waals surface area contributed by atoms with Crippen molar-refractivity contribution in [3.05, 3.63) is 45.9 Å². The lowest BCUT2D eigenvalue weighted by Crippen LogP contribution is -2.36. The minimum absolute atomic E-state index is 0.0164. The van der Waals surface area contributed by atoms with Gasteiger partial charge in [0.2, 0.25) is 11.7 Å². The van der Waals surface area contributed by atoms with Gasteiger partial charge >= 0.3 is 5.82 Å². The van der Waals surface area contributed by atoms with Gasteiger partial charge in [-0.05, 0) is 40.4 Å². The number of nitro groups is 1. The van der Waals surface area contributed by atoms with Crippen LogP contribution in [0.15, 0.2) is 24.4 Å². The molecule has 0 fully saturated rings. The Morgan fingerprint density at radius 2 is 2.25 bits per heavy atom. The molecular weight excluding hydrogens is 310 g/mol. The average Bonchev–Trinajstić information content (AvgIpc) is 2.94. The molecule has 8 heteroatoms. The van der Waals surface area contributed by atoms with Crippen LogP contribution >= 0.6 is 0 Å². The van der Waals surface area contributed by atoms with E-state index in [1.165, 1.54) is 6.20 Å². The number of anilines is 2. The molecule has 0 aliphatic carbocycles. The molecule has 0 unspecified atom stereocenters. The first-order chi connectivity index (χ1) is 11.5. The minimum Gasteiger partial charge on any atom is -0.398 e. The Morgan fingerprint density at radius 1 is 1.46 bits per heavy atom.